The van der Waals surface area contributed by atoms with Gasteiger partial charge in [-0.25, -0.2) is 18.0 Å². The zero-order valence-corrected chi connectivity index (χ0v) is 18.8. The van der Waals surface area contributed by atoms with Crippen molar-refractivity contribution in [1.29, 1.82) is 0 Å². The third-order valence-corrected chi connectivity index (χ3v) is 7.15. The van der Waals surface area contributed by atoms with Crippen molar-refractivity contribution in [3.8, 4) is 0 Å². The monoisotopic (exact) mass is 465 g/mol. The smallest absolute Gasteiger partial charge is 0.338 e. The highest BCUT2D eigenvalue weighted by Gasteiger charge is 2.60. The Morgan fingerprint density at radius 2 is 1.69 bits per heavy atom. The van der Waals surface area contributed by atoms with Crippen molar-refractivity contribution >= 4 is 33.5 Å². The number of rotatable bonds is 6. The van der Waals surface area contributed by atoms with Gasteiger partial charge in [0.15, 0.2) is 27.1 Å². The zero-order valence-electron chi connectivity index (χ0n) is 17.9. The van der Waals surface area contributed by atoms with Crippen LogP contribution in [0.3, 0.4) is 0 Å². The van der Waals surface area contributed by atoms with Gasteiger partial charge in [0, 0.05) is 18.1 Å². The van der Waals surface area contributed by atoms with Gasteiger partial charge in [-0.1, -0.05) is 20.8 Å². The minimum absolute atomic E-state index is 0.000385. The number of carboxylic acid groups (broad SMARTS) is 1. The summed E-state index contributed by atoms with van der Waals surface area (Å²) in [7, 11) is -2.67. The van der Waals surface area contributed by atoms with Crippen LogP contribution in [0.5, 0.6) is 0 Å². The molecule has 1 N–H and O–H groups in total. The number of hydrogen-bond donors (Lipinski definition) is 1. The summed E-state index contributed by atoms with van der Waals surface area (Å²) in [4.78, 5) is 49.9. The lowest BCUT2D eigenvalue weighted by atomic mass is 9.85. The lowest BCUT2D eigenvalue weighted by Gasteiger charge is -2.49. The fourth-order valence-electron chi connectivity index (χ4n) is 3.53. The average Bonchev–Trinajstić information content (AvgIpc) is 2.71. The Kier molecular flexibility index (Phi) is 6.00. The fraction of sp³-hybridized carbons (Fsp3) is 0.429. The van der Waals surface area contributed by atoms with Crippen molar-refractivity contribution < 1.29 is 42.2 Å². The maximum Gasteiger partial charge on any atom is 0.338 e. The number of fused-ring (bicyclic) bond motifs is 1. The first kappa shape index (κ1) is 23.6. The number of hydrogen-bond acceptors (Lipinski definition) is 8. The van der Waals surface area contributed by atoms with Crippen LogP contribution < -0.4 is 0 Å². The molecule has 2 aliphatic rings. The number of ketones is 1. The van der Waals surface area contributed by atoms with Gasteiger partial charge in [-0.2, -0.15) is 0 Å². The number of nitrogens with zero attached hydrogens (tertiary/aromatic N) is 1. The first-order valence-corrected chi connectivity index (χ1v) is 11.4. The number of aromatic carboxylic acids is 1. The number of amides is 1. The van der Waals surface area contributed by atoms with E-state index in [1.165, 1.54) is 31.4 Å². The molecule has 0 radical (unpaired) electrons. The number of benzene rings is 1. The molecule has 0 spiro atoms. The summed E-state index contributed by atoms with van der Waals surface area (Å²) in [5.74, 6) is -3.67. The van der Waals surface area contributed by atoms with Crippen molar-refractivity contribution in [3.05, 3.63) is 46.7 Å². The standard InChI is InChI=1S/C21H23NO9S/c1-21(2,3)16(23)14-13(10-32(28,29)18-15(30-4)17(24)22(14)18)9-31-20(27)12-7-5-11(6-8-12)19(25)26/h5-8,15,18H,9-10H2,1-4H3,(H,25,26)/t15-,18-/m0/s1. The molecule has 0 bridgehead atoms. The second-order valence-electron chi connectivity index (χ2n) is 8.55. The van der Waals surface area contributed by atoms with Crippen molar-refractivity contribution in [2.45, 2.75) is 32.2 Å². The maximum atomic E-state index is 13.1. The van der Waals surface area contributed by atoms with E-state index in [1.807, 2.05) is 0 Å². The number of ether oxygens (including phenoxy) is 2. The van der Waals surface area contributed by atoms with Gasteiger partial charge < -0.3 is 14.6 Å². The Labute approximate surface area is 184 Å². The van der Waals surface area contributed by atoms with E-state index in [-0.39, 0.29) is 22.4 Å². The molecule has 1 aromatic rings. The van der Waals surface area contributed by atoms with Crippen LogP contribution in [0.25, 0.3) is 0 Å². The first-order chi connectivity index (χ1) is 14.8. The van der Waals surface area contributed by atoms with E-state index in [1.54, 1.807) is 20.8 Å². The van der Waals surface area contributed by atoms with Crippen molar-refractivity contribution in [2.24, 2.45) is 5.41 Å². The number of methoxy groups -OCH3 is 1. The number of Topliss-reactive ketones (excluding diaryl/α,β-unsaturated/α-hetero) is 1. The van der Waals surface area contributed by atoms with Gasteiger partial charge in [0.25, 0.3) is 5.91 Å². The lowest BCUT2D eigenvalue weighted by Crippen LogP contribution is -2.71. The molecule has 2 aliphatic heterocycles. The number of esters is 1. The Morgan fingerprint density at radius 1 is 1.12 bits per heavy atom. The summed E-state index contributed by atoms with van der Waals surface area (Å²) in [6, 6.07) is 4.98. The van der Waals surface area contributed by atoms with E-state index < -0.39 is 62.7 Å². The van der Waals surface area contributed by atoms with E-state index >= 15 is 0 Å². The van der Waals surface area contributed by atoms with Crippen LogP contribution in [0.15, 0.2) is 35.5 Å². The quantitative estimate of drug-likeness (QED) is 0.481. The molecule has 1 fully saturated rings. The molecule has 3 rings (SSSR count). The highest BCUT2D eigenvalue weighted by Crippen LogP contribution is 2.40. The molecule has 10 nitrogen and oxygen atoms in total. The average molecular weight is 465 g/mol. The van der Waals surface area contributed by atoms with E-state index in [0.29, 0.717) is 0 Å². The predicted molar refractivity (Wildman–Crippen MR) is 110 cm³/mol. The molecule has 11 heteroatoms. The molecule has 0 saturated carbocycles. The first-order valence-electron chi connectivity index (χ1n) is 9.64. The zero-order chi connectivity index (χ0) is 24.0. The number of allylic oxidation sites excluding steroid dienone is 1. The van der Waals surface area contributed by atoms with Crippen LogP contribution in [0, 0.1) is 5.41 Å². The number of sulfone groups is 1. The number of carboxylic acids is 1. The molecular weight excluding hydrogens is 442 g/mol. The normalized spacial score (nSPS) is 22.1. The van der Waals surface area contributed by atoms with Crippen LogP contribution in [-0.4, -0.2) is 73.0 Å². The highest BCUT2D eigenvalue weighted by molar-refractivity contribution is 7.92. The Morgan fingerprint density at radius 3 is 2.19 bits per heavy atom. The molecule has 2 atom stereocenters. The van der Waals surface area contributed by atoms with Crippen LogP contribution >= 0.6 is 0 Å². The summed E-state index contributed by atoms with van der Waals surface area (Å²) >= 11 is 0. The van der Waals surface area contributed by atoms with E-state index in [9.17, 15) is 27.6 Å². The minimum Gasteiger partial charge on any atom is -0.478 e. The highest BCUT2D eigenvalue weighted by atomic mass is 32.2. The van der Waals surface area contributed by atoms with Gasteiger partial charge >= 0.3 is 11.9 Å². The number of carbonyl (C=O) groups is 4. The van der Waals surface area contributed by atoms with E-state index in [4.69, 9.17) is 14.6 Å². The molecule has 172 valence electrons. The van der Waals surface area contributed by atoms with Gasteiger partial charge in [0.1, 0.15) is 6.61 Å². The molecule has 1 aromatic carbocycles. The summed E-state index contributed by atoms with van der Waals surface area (Å²) in [6.45, 7) is 4.37. The van der Waals surface area contributed by atoms with Gasteiger partial charge in [-0.05, 0) is 24.3 Å². The molecule has 0 aromatic heterocycles. The van der Waals surface area contributed by atoms with Gasteiger partial charge in [0.2, 0.25) is 0 Å². The van der Waals surface area contributed by atoms with Gasteiger partial charge in [-0.3, -0.25) is 14.5 Å². The second kappa shape index (κ2) is 8.14. The molecular formula is C21H23NO9S. The Bertz CT molecular complexity index is 1130. The molecule has 0 aliphatic carbocycles. The Balaban J connectivity index is 1.93. The van der Waals surface area contributed by atoms with Crippen LogP contribution in [0.1, 0.15) is 41.5 Å². The van der Waals surface area contributed by atoms with Crippen LogP contribution in [-0.2, 0) is 28.9 Å². The Hall–Kier alpha value is -3.05. The van der Waals surface area contributed by atoms with Gasteiger partial charge in [-0.15, -0.1) is 0 Å². The predicted octanol–water partition coefficient (Wildman–Crippen LogP) is 1.02. The molecule has 32 heavy (non-hydrogen) atoms. The molecule has 1 saturated heterocycles. The SMILES string of the molecule is CO[C@H]1C(=O)N2C(C(=O)C(C)(C)C)=C(COC(=O)c3ccc(C(=O)O)cc3)CS(=O)(=O)[C@@H]12. The summed E-state index contributed by atoms with van der Waals surface area (Å²) in [5, 5.41) is 7.64. The van der Waals surface area contributed by atoms with E-state index in [0.717, 1.165) is 4.90 Å². The molecule has 0 unspecified atom stereocenters. The van der Waals surface area contributed by atoms with Crippen molar-refractivity contribution in [2.75, 3.05) is 19.5 Å². The van der Waals surface area contributed by atoms with Gasteiger partial charge in [0.05, 0.1) is 22.6 Å². The third-order valence-electron chi connectivity index (χ3n) is 5.21. The van der Waals surface area contributed by atoms with E-state index in [2.05, 4.69) is 0 Å². The molecule has 2 heterocycles. The number of carbonyl (C=O) groups excluding carboxylic acids is 3. The second-order valence-corrected chi connectivity index (χ2v) is 10.6. The maximum absolute atomic E-state index is 13.1. The number of β-lactam (4-membered cyclic amide) rings is 1. The summed E-state index contributed by atoms with van der Waals surface area (Å²) in [6.07, 6.45) is -1.19. The molecule has 1 amide bonds. The largest absolute Gasteiger partial charge is 0.478 e. The van der Waals surface area contributed by atoms with Crippen molar-refractivity contribution in [3.63, 3.8) is 0 Å². The van der Waals surface area contributed by atoms with Crippen LogP contribution in [0.2, 0.25) is 0 Å². The summed E-state index contributed by atoms with van der Waals surface area (Å²) in [5.41, 5.74) is -0.989. The minimum atomic E-state index is -3.89. The topological polar surface area (TPSA) is 144 Å². The summed E-state index contributed by atoms with van der Waals surface area (Å²) < 4.78 is 35.8. The third kappa shape index (κ3) is 4.05. The van der Waals surface area contributed by atoms with Crippen molar-refractivity contribution in [1.82, 2.24) is 4.90 Å². The van der Waals surface area contributed by atoms with Crippen LogP contribution in [0.4, 0.5) is 0 Å². The lowest BCUT2D eigenvalue weighted by molar-refractivity contribution is -0.161. The fourth-order valence-corrected chi connectivity index (χ4v) is 5.54.